The topological polar surface area (TPSA) is 240 Å². The molecular formula is C34H37N2NaO11. The Bertz CT molecular complexity index is 1680. The third-order valence-electron chi connectivity index (χ3n) is 6.09. The number of phenolic OH excluding ortho intramolecular Hbond substituents is 5. The molecule has 0 unspecified atom stereocenters. The van der Waals surface area contributed by atoms with Gasteiger partial charge in [-0.25, -0.2) is 9.59 Å². The van der Waals surface area contributed by atoms with Gasteiger partial charge in [0, 0.05) is 28.9 Å². The third-order valence-corrected chi connectivity index (χ3v) is 6.09. The van der Waals surface area contributed by atoms with Crippen molar-refractivity contribution in [1.29, 1.82) is 0 Å². The first-order valence-electron chi connectivity index (χ1n) is 14.1. The fourth-order valence-electron chi connectivity index (χ4n) is 3.56. The molecule has 0 heterocycles. The van der Waals surface area contributed by atoms with Crippen LogP contribution in [-0.2, 0) is 4.74 Å². The Labute approximate surface area is 298 Å². The molecule has 0 amide bonds. The summed E-state index contributed by atoms with van der Waals surface area (Å²) in [5.41, 5.74) is 13.2. The molecule has 0 saturated heterocycles. The van der Waals surface area contributed by atoms with E-state index in [0.717, 1.165) is 29.8 Å². The van der Waals surface area contributed by atoms with Gasteiger partial charge in [0.05, 0.1) is 17.7 Å². The Balaban J connectivity index is 0.000000429. The molecular weight excluding hydrogens is 635 g/mol. The molecule has 0 radical (unpaired) electrons. The molecule has 0 atom stereocenters. The predicted molar refractivity (Wildman–Crippen MR) is 180 cm³/mol. The van der Waals surface area contributed by atoms with Crippen LogP contribution in [0.5, 0.6) is 34.5 Å². The van der Waals surface area contributed by atoms with Crippen molar-refractivity contribution in [2.24, 2.45) is 0 Å². The number of esters is 2. The molecule has 4 aromatic carbocycles. The average Bonchev–Trinajstić information content (AvgIpc) is 3.04. The van der Waals surface area contributed by atoms with Gasteiger partial charge in [-0.3, -0.25) is 9.59 Å². The van der Waals surface area contributed by atoms with Crippen LogP contribution < -0.4 is 16.2 Å². The number of carbonyl (C=O) groups excluding carboxylic acids is 4. The molecule has 48 heavy (non-hydrogen) atoms. The summed E-state index contributed by atoms with van der Waals surface area (Å²) in [5.74, 6) is -6.07. The van der Waals surface area contributed by atoms with Crippen LogP contribution in [0.1, 0.15) is 75.0 Å². The number of benzene rings is 4. The molecule has 250 valence electrons. The molecule has 0 aliphatic carbocycles. The van der Waals surface area contributed by atoms with Gasteiger partial charge in [-0.1, -0.05) is 13.8 Å². The Morgan fingerprint density at radius 2 is 1.04 bits per heavy atom. The van der Waals surface area contributed by atoms with Crippen molar-refractivity contribution in [3.05, 3.63) is 95.1 Å². The van der Waals surface area contributed by atoms with Crippen LogP contribution in [0.25, 0.3) is 0 Å². The number of ketones is 2. The maximum atomic E-state index is 12.1. The number of nitrogens with two attached hydrogens (primary N) is 2. The number of phenols is 5. The standard InChI is InChI=1S/C17H16O9.C9H11NO.C8H9NO.Na.H/c1-2-3-25-16(23)8-6-12(20)15(13(21)7-8)26-17(24)9-4-10(18)14(22)11(19)5-9;1-2-9(11)7-3-5-8(10)6-4-7;1-6(10)7-2-4-8(9)5-3-7;;/h4-7,18-22H,2-3H2,1H3;3-6H,2,10H2,1H3;2-5H,9H2,1H3;;. The summed E-state index contributed by atoms with van der Waals surface area (Å²) in [5, 5.41) is 47.9. The van der Waals surface area contributed by atoms with E-state index in [9.17, 15) is 44.7 Å². The summed E-state index contributed by atoms with van der Waals surface area (Å²) in [7, 11) is 0. The summed E-state index contributed by atoms with van der Waals surface area (Å²) in [6.45, 7) is 5.33. The van der Waals surface area contributed by atoms with Crippen molar-refractivity contribution in [3.63, 3.8) is 0 Å². The molecule has 0 spiro atoms. The van der Waals surface area contributed by atoms with Crippen molar-refractivity contribution in [2.45, 2.75) is 33.6 Å². The van der Waals surface area contributed by atoms with E-state index < -0.39 is 46.4 Å². The predicted octanol–water partition coefficient (Wildman–Crippen LogP) is 4.69. The Morgan fingerprint density at radius 1 is 0.625 bits per heavy atom. The molecule has 14 heteroatoms. The maximum absolute atomic E-state index is 12.1. The number of Topliss-reactive ketones (excluding diaryl/α,β-unsaturated/α-hetero) is 2. The van der Waals surface area contributed by atoms with Gasteiger partial charge in [0.15, 0.2) is 40.3 Å². The number of carbonyl (C=O) groups is 4. The van der Waals surface area contributed by atoms with E-state index in [0.29, 0.717) is 29.8 Å². The zero-order valence-electron chi connectivity index (χ0n) is 25.9. The quantitative estimate of drug-likeness (QED) is 0.0336. The van der Waals surface area contributed by atoms with Gasteiger partial charge in [0.25, 0.3) is 0 Å². The number of aromatic hydroxyl groups is 5. The summed E-state index contributed by atoms with van der Waals surface area (Å²) in [6.07, 6.45) is 1.13. The zero-order chi connectivity index (χ0) is 35.3. The monoisotopic (exact) mass is 672 g/mol. The second kappa shape index (κ2) is 19.4. The fraction of sp³-hybridized carbons (Fsp3) is 0.176. The van der Waals surface area contributed by atoms with Crippen molar-refractivity contribution >= 4 is 64.4 Å². The average molecular weight is 673 g/mol. The van der Waals surface area contributed by atoms with Crippen molar-refractivity contribution < 1.29 is 54.2 Å². The molecule has 0 fully saturated rings. The number of rotatable bonds is 8. The zero-order valence-corrected chi connectivity index (χ0v) is 25.9. The van der Waals surface area contributed by atoms with Gasteiger partial charge in [-0.15, -0.1) is 0 Å². The molecule has 4 rings (SSSR count). The first kappa shape index (κ1) is 40.8. The van der Waals surface area contributed by atoms with Gasteiger partial charge in [-0.05, 0) is 86.1 Å². The second-order valence-electron chi connectivity index (χ2n) is 9.81. The number of hydrogen-bond donors (Lipinski definition) is 7. The van der Waals surface area contributed by atoms with Crippen molar-refractivity contribution in [2.75, 3.05) is 18.1 Å². The first-order valence-corrected chi connectivity index (χ1v) is 14.1. The van der Waals surface area contributed by atoms with Crippen LogP contribution in [0.4, 0.5) is 11.4 Å². The molecule has 0 saturated carbocycles. The number of anilines is 2. The van der Waals surface area contributed by atoms with E-state index in [1.807, 2.05) is 6.92 Å². The van der Waals surface area contributed by atoms with Crippen LogP contribution in [0.3, 0.4) is 0 Å². The molecule has 4 aromatic rings. The normalized spacial score (nSPS) is 9.73. The number of nitrogen functional groups attached to an aromatic ring is 2. The van der Waals surface area contributed by atoms with Gasteiger partial charge in [-0.2, -0.15) is 0 Å². The number of ether oxygens (including phenoxy) is 2. The molecule has 0 aromatic heterocycles. The summed E-state index contributed by atoms with van der Waals surface area (Å²) in [4.78, 5) is 45.6. The second-order valence-corrected chi connectivity index (χ2v) is 9.81. The fourth-order valence-corrected chi connectivity index (χ4v) is 3.56. The van der Waals surface area contributed by atoms with Crippen LogP contribution in [0.15, 0.2) is 72.8 Å². The van der Waals surface area contributed by atoms with Crippen LogP contribution in [0, 0.1) is 0 Å². The van der Waals surface area contributed by atoms with Crippen molar-refractivity contribution in [1.82, 2.24) is 0 Å². The van der Waals surface area contributed by atoms with Crippen LogP contribution in [-0.4, -0.2) is 85.2 Å². The number of hydrogen-bond acceptors (Lipinski definition) is 13. The SMILES string of the molecule is CC(=O)c1ccc(N)cc1.CCC(=O)c1ccc(N)cc1.CCCOC(=O)c1cc(O)c(OC(=O)c2cc(O)c(O)c(O)c2)c(O)c1.[NaH]. The van der Waals surface area contributed by atoms with Crippen molar-refractivity contribution in [3.8, 4) is 34.5 Å². The van der Waals surface area contributed by atoms with E-state index in [4.69, 9.17) is 20.9 Å². The summed E-state index contributed by atoms with van der Waals surface area (Å²) in [6, 6.07) is 17.4. The van der Waals surface area contributed by atoms with E-state index in [1.165, 1.54) is 6.92 Å². The van der Waals surface area contributed by atoms with Gasteiger partial charge < -0.3 is 46.5 Å². The van der Waals surface area contributed by atoms with Crippen LogP contribution >= 0.6 is 0 Å². The van der Waals surface area contributed by atoms with E-state index in [2.05, 4.69) is 0 Å². The van der Waals surface area contributed by atoms with Gasteiger partial charge >= 0.3 is 41.5 Å². The molecule has 0 bridgehead atoms. The molecule has 9 N–H and O–H groups in total. The van der Waals surface area contributed by atoms with Crippen LogP contribution in [0.2, 0.25) is 0 Å². The van der Waals surface area contributed by atoms with Gasteiger partial charge in [0.1, 0.15) is 0 Å². The molecule has 0 aliphatic rings. The van der Waals surface area contributed by atoms with E-state index in [-0.39, 0.29) is 58.9 Å². The minimum atomic E-state index is -1.15. The third kappa shape index (κ3) is 12.2. The molecule has 13 nitrogen and oxygen atoms in total. The van der Waals surface area contributed by atoms with E-state index in [1.54, 1.807) is 55.5 Å². The summed E-state index contributed by atoms with van der Waals surface area (Å²) < 4.78 is 9.70. The minimum absolute atomic E-state index is 0. The van der Waals surface area contributed by atoms with E-state index >= 15 is 0 Å². The Morgan fingerprint density at radius 3 is 1.46 bits per heavy atom. The Hall–Kier alpha value is -5.24. The van der Waals surface area contributed by atoms with Gasteiger partial charge in [0.2, 0.25) is 5.75 Å². The molecule has 0 aliphatic heterocycles. The summed E-state index contributed by atoms with van der Waals surface area (Å²) >= 11 is 0. The Kier molecular flexibility index (Phi) is 16.5. The first-order chi connectivity index (χ1) is 22.2.